The van der Waals surface area contributed by atoms with Gasteiger partial charge in [-0.15, -0.1) is 11.3 Å². The Kier molecular flexibility index (Phi) is 8.16. The van der Waals surface area contributed by atoms with Crippen LogP contribution in [0.15, 0.2) is 70.9 Å². The van der Waals surface area contributed by atoms with Crippen molar-refractivity contribution in [1.82, 2.24) is 14.1 Å². The molecular weight excluding hydrogens is 537 g/mol. The van der Waals surface area contributed by atoms with Gasteiger partial charge in [0, 0.05) is 31.7 Å². The molecule has 206 valence electrons. The maximum atomic E-state index is 13.9. The molecule has 2 amide bonds. The van der Waals surface area contributed by atoms with Gasteiger partial charge in [0.15, 0.2) is 0 Å². The normalized spacial score (nSPS) is 16.4. The SMILES string of the molecule is Cc1ccc(S(=O)(=O)N(CC(=O)N(Cc2ccc(F)cc2)C2CCN(C(=O)c3cccs3)CC2)C2CC2)cc1. The summed E-state index contributed by atoms with van der Waals surface area (Å²) in [7, 11) is -3.85. The second-order valence-corrected chi connectivity index (χ2v) is 13.1. The van der Waals surface area contributed by atoms with Crippen molar-refractivity contribution in [2.24, 2.45) is 0 Å². The molecular formula is C29H32FN3O4S2. The molecule has 0 radical (unpaired) electrons. The van der Waals surface area contributed by atoms with Gasteiger partial charge in [-0.1, -0.05) is 35.9 Å². The number of piperidine rings is 1. The van der Waals surface area contributed by atoms with Crippen LogP contribution in [0, 0.1) is 12.7 Å². The monoisotopic (exact) mass is 569 g/mol. The highest BCUT2D eigenvalue weighted by molar-refractivity contribution is 7.89. The molecule has 1 saturated carbocycles. The van der Waals surface area contributed by atoms with Crippen LogP contribution in [0.1, 0.15) is 46.5 Å². The standard InChI is InChI=1S/C29H32FN3O4S2/c1-21-4-12-26(13-5-21)39(36,37)33(25-10-11-25)20-28(34)32(19-22-6-8-23(30)9-7-22)24-14-16-31(17-15-24)29(35)27-3-2-18-38-27/h2-9,12-13,18,24-25H,10-11,14-17,19-20H2,1H3. The molecule has 1 aliphatic carbocycles. The first-order valence-electron chi connectivity index (χ1n) is 13.2. The maximum Gasteiger partial charge on any atom is 0.263 e. The van der Waals surface area contributed by atoms with Gasteiger partial charge in [-0.25, -0.2) is 12.8 Å². The van der Waals surface area contributed by atoms with Crippen molar-refractivity contribution in [3.05, 3.63) is 87.9 Å². The number of carbonyl (C=O) groups is 2. The zero-order chi connectivity index (χ0) is 27.6. The number of likely N-dealkylation sites (tertiary alicyclic amines) is 1. The number of rotatable bonds is 9. The Balaban J connectivity index is 1.35. The van der Waals surface area contributed by atoms with E-state index in [4.69, 9.17) is 0 Å². The summed E-state index contributed by atoms with van der Waals surface area (Å²) in [6.07, 6.45) is 2.61. The van der Waals surface area contributed by atoms with Crippen molar-refractivity contribution in [3.8, 4) is 0 Å². The number of hydrogen-bond acceptors (Lipinski definition) is 5. The number of thiophene rings is 1. The van der Waals surface area contributed by atoms with Crippen LogP contribution >= 0.6 is 11.3 Å². The van der Waals surface area contributed by atoms with Gasteiger partial charge in [0.25, 0.3) is 5.91 Å². The van der Waals surface area contributed by atoms with E-state index in [1.807, 2.05) is 24.4 Å². The fourth-order valence-electron chi connectivity index (χ4n) is 4.99. The molecule has 2 heterocycles. The van der Waals surface area contributed by atoms with E-state index < -0.39 is 10.0 Å². The summed E-state index contributed by atoms with van der Waals surface area (Å²) in [6, 6.07) is 16.0. The van der Waals surface area contributed by atoms with Crippen LogP contribution in [-0.2, 0) is 21.4 Å². The van der Waals surface area contributed by atoms with E-state index in [0.717, 1.165) is 24.0 Å². The number of aryl methyl sites for hydroxylation is 1. The van der Waals surface area contributed by atoms with Crippen molar-refractivity contribution in [1.29, 1.82) is 0 Å². The molecule has 0 spiro atoms. The molecule has 1 aliphatic heterocycles. The van der Waals surface area contributed by atoms with Gasteiger partial charge in [0.1, 0.15) is 5.82 Å². The van der Waals surface area contributed by atoms with Gasteiger partial charge in [0.2, 0.25) is 15.9 Å². The molecule has 2 aromatic carbocycles. The van der Waals surface area contributed by atoms with Gasteiger partial charge >= 0.3 is 0 Å². The molecule has 2 fully saturated rings. The summed E-state index contributed by atoms with van der Waals surface area (Å²) in [5.74, 6) is -0.657. The lowest BCUT2D eigenvalue weighted by atomic mass is 10.0. The van der Waals surface area contributed by atoms with Crippen LogP contribution in [0.25, 0.3) is 0 Å². The summed E-state index contributed by atoms with van der Waals surface area (Å²) >= 11 is 1.41. The summed E-state index contributed by atoms with van der Waals surface area (Å²) in [4.78, 5) is 31.1. The molecule has 0 N–H and O–H groups in total. The average Bonchev–Trinajstić information content (AvgIpc) is 3.62. The highest BCUT2D eigenvalue weighted by Crippen LogP contribution is 2.33. The van der Waals surface area contributed by atoms with Gasteiger partial charge < -0.3 is 9.80 Å². The van der Waals surface area contributed by atoms with Gasteiger partial charge in [-0.2, -0.15) is 4.31 Å². The van der Waals surface area contributed by atoms with Crippen molar-refractivity contribution >= 4 is 33.2 Å². The van der Waals surface area contributed by atoms with E-state index in [2.05, 4.69) is 0 Å². The number of benzene rings is 2. The third-order valence-electron chi connectivity index (χ3n) is 7.38. The predicted molar refractivity (Wildman–Crippen MR) is 148 cm³/mol. The third kappa shape index (κ3) is 6.40. The number of halogens is 1. The molecule has 7 nitrogen and oxygen atoms in total. The lowest BCUT2D eigenvalue weighted by Crippen LogP contribution is -2.51. The maximum absolute atomic E-state index is 13.9. The molecule has 1 saturated heterocycles. The Hall–Kier alpha value is -3.08. The van der Waals surface area contributed by atoms with Crippen molar-refractivity contribution in [2.45, 2.75) is 56.1 Å². The Morgan fingerprint density at radius 3 is 2.21 bits per heavy atom. The van der Waals surface area contributed by atoms with Crippen molar-refractivity contribution in [2.75, 3.05) is 19.6 Å². The highest BCUT2D eigenvalue weighted by atomic mass is 32.2. The minimum absolute atomic E-state index is 0.0102. The summed E-state index contributed by atoms with van der Waals surface area (Å²) in [5, 5.41) is 1.87. The molecule has 0 unspecified atom stereocenters. The fraction of sp³-hybridized carbons (Fsp3) is 0.379. The summed E-state index contributed by atoms with van der Waals surface area (Å²) in [5.41, 5.74) is 1.72. The van der Waals surface area contributed by atoms with Crippen molar-refractivity contribution in [3.63, 3.8) is 0 Å². The van der Waals surface area contributed by atoms with E-state index >= 15 is 0 Å². The smallest absolute Gasteiger partial charge is 0.263 e. The Labute approximate surface area is 232 Å². The summed E-state index contributed by atoms with van der Waals surface area (Å²) in [6.45, 7) is 2.89. The number of carbonyl (C=O) groups excluding carboxylic acids is 2. The average molecular weight is 570 g/mol. The van der Waals surface area contributed by atoms with E-state index in [9.17, 15) is 22.4 Å². The molecule has 1 aromatic heterocycles. The van der Waals surface area contributed by atoms with Gasteiger partial charge in [0.05, 0.1) is 16.3 Å². The van der Waals surface area contributed by atoms with E-state index in [1.165, 1.54) is 27.8 Å². The zero-order valence-electron chi connectivity index (χ0n) is 21.8. The van der Waals surface area contributed by atoms with Crippen LogP contribution in [0.4, 0.5) is 4.39 Å². The highest BCUT2D eigenvalue weighted by Gasteiger charge is 2.41. The molecule has 10 heteroatoms. The van der Waals surface area contributed by atoms with E-state index in [0.29, 0.717) is 30.8 Å². The van der Waals surface area contributed by atoms with Crippen LogP contribution < -0.4 is 0 Å². The molecule has 2 aliphatic rings. The lowest BCUT2D eigenvalue weighted by molar-refractivity contribution is -0.135. The second-order valence-electron chi connectivity index (χ2n) is 10.2. The molecule has 3 aromatic rings. The van der Waals surface area contributed by atoms with Gasteiger partial charge in [-0.05, 0) is 73.9 Å². The Morgan fingerprint density at radius 1 is 0.949 bits per heavy atom. The van der Waals surface area contributed by atoms with Crippen LogP contribution in [0.3, 0.4) is 0 Å². The molecule has 5 rings (SSSR count). The van der Waals surface area contributed by atoms with E-state index in [1.54, 1.807) is 46.2 Å². The molecule has 0 bridgehead atoms. The zero-order valence-corrected chi connectivity index (χ0v) is 23.5. The van der Waals surface area contributed by atoms with Crippen LogP contribution in [0.2, 0.25) is 0 Å². The predicted octanol–water partition coefficient (Wildman–Crippen LogP) is 4.68. The van der Waals surface area contributed by atoms with Gasteiger partial charge in [-0.3, -0.25) is 9.59 Å². The van der Waals surface area contributed by atoms with Crippen LogP contribution in [0.5, 0.6) is 0 Å². The minimum atomic E-state index is -3.85. The quantitative estimate of drug-likeness (QED) is 0.375. The second kappa shape index (κ2) is 11.6. The lowest BCUT2D eigenvalue weighted by Gasteiger charge is -2.39. The number of sulfonamides is 1. The number of amides is 2. The fourth-order valence-corrected chi connectivity index (χ4v) is 7.31. The minimum Gasteiger partial charge on any atom is -0.338 e. The number of hydrogen-bond donors (Lipinski definition) is 0. The van der Waals surface area contributed by atoms with Crippen molar-refractivity contribution < 1.29 is 22.4 Å². The molecule has 0 atom stereocenters. The summed E-state index contributed by atoms with van der Waals surface area (Å²) < 4.78 is 42.0. The third-order valence-corrected chi connectivity index (χ3v) is 10.2. The largest absolute Gasteiger partial charge is 0.338 e. The first kappa shape index (κ1) is 27.5. The molecule has 39 heavy (non-hydrogen) atoms. The van der Waals surface area contributed by atoms with Crippen LogP contribution in [-0.4, -0.2) is 66.1 Å². The first-order valence-corrected chi connectivity index (χ1v) is 15.5. The van der Waals surface area contributed by atoms with E-state index in [-0.39, 0.29) is 47.7 Å². The topological polar surface area (TPSA) is 78.0 Å². The number of nitrogens with zero attached hydrogens (tertiary/aromatic N) is 3. The Bertz CT molecular complexity index is 1400. The Morgan fingerprint density at radius 2 is 1.62 bits per heavy atom. The first-order chi connectivity index (χ1) is 18.7.